The van der Waals surface area contributed by atoms with Gasteiger partial charge >= 0.3 is 0 Å². The molecule has 0 aliphatic carbocycles. The normalized spacial score (nSPS) is 11.4. The highest BCUT2D eigenvalue weighted by Gasteiger charge is 2.08. The first kappa shape index (κ1) is 18.9. The number of amides is 1. The average molecular weight is 362 g/mol. The lowest BCUT2D eigenvalue weighted by Crippen LogP contribution is -2.17. The second kappa shape index (κ2) is 8.09. The van der Waals surface area contributed by atoms with Crippen molar-refractivity contribution < 1.29 is 13.2 Å². The molecular formula is C17H22N4O3S. The fourth-order valence-corrected chi connectivity index (χ4v) is 2.56. The molecule has 0 radical (unpaired) electrons. The standard InChI is InChI=1S/C17H22N4O3S/c1-12(2)17(22)21-14-5-8-16(20-11-14)19-10-9-13-3-6-15(7-4-13)25(18,23)24/h3-8,11-12H,9-10H2,1-2H3,(H,19,20)(H,21,22)(H2,18,23,24). The van der Waals surface area contributed by atoms with E-state index < -0.39 is 10.0 Å². The van der Waals surface area contributed by atoms with Crippen molar-refractivity contribution in [2.75, 3.05) is 17.2 Å². The number of anilines is 2. The third kappa shape index (κ3) is 5.84. The van der Waals surface area contributed by atoms with Crippen molar-refractivity contribution in [2.24, 2.45) is 11.1 Å². The number of nitrogens with two attached hydrogens (primary N) is 1. The van der Waals surface area contributed by atoms with E-state index in [-0.39, 0.29) is 16.7 Å². The van der Waals surface area contributed by atoms with E-state index in [4.69, 9.17) is 5.14 Å². The van der Waals surface area contributed by atoms with Gasteiger partial charge in [0, 0.05) is 12.5 Å². The number of hydrogen-bond acceptors (Lipinski definition) is 5. The summed E-state index contributed by atoms with van der Waals surface area (Å²) in [6, 6.07) is 10.0. The number of aromatic nitrogens is 1. The molecule has 0 saturated heterocycles. The Morgan fingerprint density at radius 2 is 1.84 bits per heavy atom. The zero-order chi connectivity index (χ0) is 18.4. The summed E-state index contributed by atoms with van der Waals surface area (Å²) in [7, 11) is -3.66. The predicted molar refractivity (Wildman–Crippen MR) is 97.7 cm³/mol. The molecule has 2 aromatic rings. The zero-order valence-electron chi connectivity index (χ0n) is 14.2. The van der Waals surface area contributed by atoms with Gasteiger partial charge in [0.05, 0.1) is 16.8 Å². The van der Waals surface area contributed by atoms with E-state index in [1.54, 1.807) is 30.5 Å². The van der Waals surface area contributed by atoms with Crippen molar-refractivity contribution in [3.63, 3.8) is 0 Å². The van der Waals surface area contributed by atoms with Crippen molar-refractivity contribution in [2.45, 2.75) is 25.2 Å². The van der Waals surface area contributed by atoms with Crippen LogP contribution in [-0.4, -0.2) is 25.9 Å². The Bertz CT molecular complexity index is 816. The lowest BCUT2D eigenvalue weighted by molar-refractivity contribution is -0.118. The molecule has 7 nitrogen and oxygen atoms in total. The van der Waals surface area contributed by atoms with Gasteiger partial charge in [0.15, 0.2) is 0 Å². The first-order valence-electron chi connectivity index (χ1n) is 7.88. The molecule has 25 heavy (non-hydrogen) atoms. The number of pyridine rings is 1. The molecule has 1 aromatic carbocycles. The summed E-state index contributed by atoms with van der Waals surface area (Å²) in [4.78, 5) is 16.0. The number of sulfonamides is 1. The maximum absolute atomic E-state index is 11.6. The molecule has 0 unspecified atom stereocenters. The van der Waals surface area contributed by atoms with Crippen LogP contribution in [0, 0.1) is 5.92 Å². The highest BCUT2D eigenvalue weighted by Crippen LogP contribution is 2.12. The van der Waals surface area contributed by atoms with E-state index in [1.165, 1.54) is 12.1 Å². The number of carbonyl (C=O) groups excluding carboxylic acids is 1. The highest BCUT2D eigenvalue weighted by molar-refractivity contribution is 7.89. The van der Waals surface area contributed by atoms with E-state index in [1.807, 2.05) is 13.8 Å². The van der Waals surface area contributed by atoms with Crippen LogP contribution in [-0.2, 0) is 21.2 Å². The minimum Gasteiger partial charge on any atom is -0.370 e. The smallest absolute Gasteiger partial charge is 0.238 e. The Balaban J connectivity index is 1.84. The Morgan fingerprint density at radius 1 is 1.16 bits per heavy atom. The van der Waals surface area contributed by atoms with Gasteiger partial charge in [0.1, 0.15) is 5.82 Å². The van der Waals surface area contributed by atoms with E-state index in [2.05, 4.69) is 15.6 Å². The van der Waals surface area contributed by atoms with Gasteiger partial charge in [-0.25, -0.2) is 18.5 Å². The first-order chi connectivity index (χ1) is 11.8. The topological polar surface area (TPSA) is 114 Å². The van der Waals surface area contributed by atoms with E-state index in [0.29, 0.717) is 24.5 Å². The molecule has 0 saturated carbocycles. The molecule has 0 aliphatic rings. The number of nitrogens with zero attached hydrogens (tertiary/aromatic N) is 1. The van der Waals surface area contributed by atoms with Crippen LogP contribution in [0.15, 0.2) is 47.5 Å². The SMILES string of the molecule is CC(C)C(=O)Nc1ccc(NCCc2ccc(S(N)(=O)=O)cc2)nc1. The molecule has 134 valence electrons. The molecule has 8 heteroatoms. The summed E-state index contributed by atoms with van der Waals surface area (Å²) in [5, 5.41) is 11.0. The van der Waals surface area contributed by atoms with Crippen LogP contribution in [0.3, 0.4) is 0 Å². The lowest BCUT2D eigenvalue weighted by Gasteiger charge is -2.09. The van der Waals surface area contributed by atoms with Gasteiger partial charge < -0.3 is 10.6 Å². The fourth-order valence-electron chi connectivity index (χ4n) is 2.04. The zero-order valence-corrected chi connectivity index (χ0v) is 15.0. The molecule has 1 aromatic heterocycles. The number of benzene rings is 1. The number of rotatable bonds is 7. The predicted octanol–water partition coefficient (Wildman–Crippen LogP) is 1.98. The monoisotopic (exact) mass is 362 g/mol. The van der Waals surface area contributed by atoms with Gasteiger partial charge in [0.25, 0.3) is 0 Å². The summed E-state index contributed by atoms with van der Waals surface area (Å²) in [5.74, 6) is 0.563. The van der Waals surface area contributed by atoms with Gasteiger partial charge in [-0.15, -0.1) is 0 Å². The summed E-state index contributed by atoms with van der Waals surface area (Å²) in [5.41, 5.74) is 1.64. The van der Waals surface area contributed by atoms with Crippen molar-refractivity contribution in [3.05, 3.63) is 48.2 Å². The van der Waals surface area contributed by atoms with Gasteiger partial charge in [-0.3, -0.25) is 4.79 Å². The Morgan fingerprint density at radius 3 is 2.36 bits per heavy atom. The minimum absolute atomic E-state index is 0.0505. The molecule has 0 aliphatic heterocycles. The van der Waals surface area contributed by atoms with Crippen LogP contribution in [0.2, 0.25) is 0 Å². The highest BCUT2D eigenvalue weighted by atomic mass is 32.2. The molecule has 0 spiro atoms. The second-order valence-electron chi connectivity index (χ2n) is 5.94. The molecule has 1 heterocycles. The van der Waals surface area contributed by atoms with Crippen LogP contribution >= 0.6 is 0 Å². The third-order valence-electron chi connectivity index (χ3n) is 3.53. The van der Waals surface area contributed by atoms with Gasteiger partial charge in [-0.2, -0.15) is 0 Å². The Hall–Kier alpha value is -2.45. The molecule has 4 N–H and O–H groups in total. The molecule has 2 rings (SSSR count). The molecule has 0 atom stereocenters. The summed E-state index contributed by atoms with van der Waals surface area (Å²) < 4.78 is 22.4. The van der Waals surface area contributed by atoms with Crippen molar-refractivity contribution in [1.82, 2.24) is 4.98 Å². The van der Waals surface area contributed by atoms with Gasteiger partial charge in [0.2, 0.25) is 15.9 Å². The Labute approximate surface area is 147 Å². The van der Waals surface area contributed by atoms with Gasteiger partial charge in [-0.05, 0) is 36.2 Å². The average Bonchev–Trinajstić information content (AvgIpc) is 2.56. The number of primary sulfonamides is 1. The fraction of sp³-hybridized carbons (Fsp3) is 0.294. The third-order valence-corrected chi connectivity index (χ3v) is 4.46. The quantitative estimate of drug-likeness (QED) is 0.697. The van der Waals surface area contributed by atoms with Gasteiger partial charge in [-0.1, -0.05) is 26.0 Å². The Kier molecular flexibility index (Phi) is 6.11. The summed E-state index contributed by atoms with van der Waals surface area (Å²) in [6.45, 7) is 4.29. The summed E-state index contributed by atoms with van der Waals surface area (Å²) in [6.07, 6.45) is 2.31. The van der Waals surface area contributed by atoms with Crippen molar-refractivity contribution in [3.8, 4) is 0 Å². The van der Waals surface area contributed by atoms with Crippen LogP contribution in [0.4, 0.5) is 11.5 Å². The summed E-state index contributed by atoms with van der Waals surface area (Å²) >= 11 is 0. The molecule has 1 amide bonds. The maximum Gasteiger partial charge on any atom is 0.238 e. The first-order valence-corrected chi connectivity index (χ1v) is 9.43. The molecular weight excluding hydrogens is 340 g/mol. The lowest BCUT2D eigenvalue weighted by atomic mass is 10.1. The molecule has 0 bridgehead atoms. The maximum atomic E-state index is 11.6. The van der Waals surface area contributed by atoms with E-state index >= 15 is 0 Å². The largest absolute Gasteiger partial charge is 0.370 e. The number of hydrogen-bond donors (Lipinski definition) is 3. The minimum atomic E-state index is -3.66. The van der Waals surface area contributed by atoms with Crippen LogP contribution in [0.5, 0.6) is 0 Å². The molecule has 0 fully saturated rings. The van der Waals surface area contributed by atoms with Crippen LogP contribution in [0.25, 0.3) is 0 Å². The van der Waals surface area contributed by atoms with Crippen molar-refractivity contribution in [1.29, 1.82) is 0 Å². The number of nitrogens with one attached hydrogen (secondary N) is 2. The van der Waals surface area contributed by atoms with E-state index in [0.717, 1.165) is 5.56 Å². The number of carbonyl (C=O) groups is 1. The second-order valence-corrected chi connectivity index (χ2v) is 7.50. The van der Waals surface area contributed by atoms with Crippen molar-refractivity contribution >= 4 is 27.4 Å². The van der Waals surface area contributed by atoms with E-state index in [9.17, 15) is 13.2 Å². The van der Waals surface area contributed by atoms with Crippen LogP contribution in [0.1, 0.15) is 19.4 Å². The van der Waals surface area contributed by atoms with Crippen LogP contribution < -0.4 is 15.8 Å².